The highest BCUT2D eigenvalue weighted by molar-refractivity contribution is 14.1. The van der Waals surface area contributed by atoms with Gasteiger partial charge in [0.2, 0.25) is 0 Å². The predicted octanol–water partition coefficient (Wildman–Crippen LogP) is 5.84. The van der Waals surface area contributed by atoms with E-state index in [1.807, 2.05) is 6.07 Å². The molecule has 0 bridgehead atoms. The Bertz CT molecular complexity index is 756. The molecule has 0 amide bonds. The molecule has 1 saturated heterocycles. The van der Waals surface area contributed by atoms with Gasteiger partial charge in [-0.3, -0.25) is 0 Å². The number of ether oxygens (including phenoxy) is 1. The van der Waals surface area contributed by atoms with Crippen molar-refractivity contribution in [3.8, 4) is 0 Å². The Morgan fingerprint density at radius 2 is 1.66 bits per heavy atom. The second kappa shape index (κ2) is 10.9. The summed E-state index contributed by atoms with van der Waals surface area (Å²) >= 11 is 2.36. The number of sulfone groups is 1. The van der Waals surface area contributed by atoms with Gasteiger partial charge < -0.3 is 9.16 Å². The predicted molar refractivity (Wildman–Crippen MR) is 131 cm³/mol. The molecule has 0 spiro atoms. The van der Waals surface area contributed by atoms with Crippen LogP contribution in [0.1, 0.15) is 34.6 Å². The van der Waals surface area contributed by atoms with E-state index in [9.17, 15) is 8.42 Å². The average molecular weight is 551 g/mol. The van der Waals surface area contributed by atoms with Crippen molar-refractivity contribution < 1.29 is 17.6 Å². The topological polar surface area (TPSA) is 52.6 Å². The Balaban J connectivity index is 2.28. The maximum Gasteiger partial charge on any atom is 0.199 e. The van der Waals surface area contributed by atoms with Crippen molar-refractivity contribution in [2.45, 2.75) is 76.0 Å². The molecule has 1 fully saturated rings. The van der Waals surface area contributed by atoms with Gasteiger partial charge in [-0.05, 0) is 36.3 Å². The number of hydrogen-bond donors (Lipinski definition) is 0. The first kappa shape index (κ1) is 25.0. The first-order chi connectivity index (χ1) is 13.7. The molecule has 0 aromatic heterocycles. The maximum absolute atomic E-state index is 12.7. The van der Waals surface area contributed by atoms with Crippen LogP contribution >= 0.6 is 22.6 Å². The van der Waals surface area contributed by atoms with Crippen LogP contribution in [0.25, 0.3) is 0 Å². The van der Waals surface area contributed by atoms with Crippen molar-refractivity contribution >= 4 is 40.7 Å². The van der Waals surface area contributed by atoms with Gasteiger partial charge in [-0.25, -0.2) is 8.42 Å². The SMILES string of the molecule is CC[Si](CC)(CC)OC1C(C)C(/C=C/S(=O)(=O)c2ccccc2)OC(CI)C1C. The van der Waals surface area contributed by atoms with E-state index in [1.165, 1.54) is 5.41 Å². The third kappa shape index (κ3) is 5.93. The molecule has 1 aliphatic rings. The summed E-state index contributed by atoms with van der Waals surface area (Å²) in [6.07, 6.45) is 1.60. The molecular formula is C22H35IO4SSi. The molecule has 0 radical (unpaired) electrons. The van der Waals surface area contributed by atoms with Gasteiger partial charge in [0.1, 0.15) is 0 Å². The van der Waals surface area contributed by atoms with E-state index in [2.05, 4.69) is 57.2 Å². The summed E-state index contributed by atoms with van der Waals surface area (Å²) in [5.74, 6) is 0.386. The molecule has 1 aromatic rings. The van der Waals surface area contributed by atoms with E-state index in [0.29, 0.717) is 4.90 Å². The minimum Gasteiger partial charge on any atom is -0.413 e. The number of benzene rings is 1. The summed E-state index contributed by atoms with van der Waals surface area (Å²) in [5, 5.41) is 1.31. The fourth-order valence-electron chi connectivity index (χ4n) is 4.10. The van der Waals surface area contributed by atoms with Gasteiger partial charge in [0, 0.05) is 21.7 Å². The summed E-state index contributed by atoms with van der Waals surface area (Å²) in [6.45, 7) is 11.1. The van der Waals surface area contributed by atoms with Crippen LogP contribution < -0.4 is 0 Å². The van der Waals surface area contributed by atoms with Crippen molar-refractivity contribution in [3.63, 3.8) is 0 Å². The number of rotatable bonds is 9. The van der Waals surface area contributed by atoms with E-state index >= 15 is 0 Å². The van der Waals surface area contributed by atoms with E-state index in [0.717, 1.165) is 22.6 Å². The zero-order valence-corrected chi connectivity index (χ0v) is 22.1. The lowest BCUT2D eigenvalue weighted by Gasteiger charge is -2.47. The Morgan fingerprint density at radius 1 is 1.07 bits per heavy atom. The molecular weight excluding hydrogens is 515 g/mol. The summed E-state index contributed by atoms with van der Waals surface area (Å²) in [4.78, 5) is 0.306. The molecule has 164 valence electrons. The molecule has 0 aliphatic carbocycles. The lowest BCUT2D eigenvalue weighted by Crippen LogP contribution is -2.54. The average Bonchev–Trinajstić information content (AvgIpc) is 2.74. The zero-order valence-electron chi connectivity index (χ0n) is 18.2. The molecule has 29 heavy (non-hydrogen) atoms. The Morgan fingerprint density at radius 3 is 2.17 bits per heavy atom. The lowest BCUT2D eigenvalue weighted by atomic mass is 9.83. The summed E-state index contributed by atoms with van der Waals surface area (Å²) in [5.41, 5.74) is 0. The summed E-state index contributed by atoms with van der Waals surface area (Å²) < 4.78 is 39.4. The first-order valence-electron chi connectivity index (χ1n) is 10.6. The first-order valence-corrected chi connectivity index (χ1v) is 16.2. The highest BCUT2D eigenvalue weighted by Gasteiger charge is 2.44. The lowest BCUT2D eigenvalue weighted by molar-refractivity contribution is -0.131. The van der Waals surface area contributed by atoms with E-state index in [1.54, 1.807) is 30.3 Å². The highest BCUT2D eigenvalue weighted by Crippen LogP contribution is 2.38. The molecule has 5 unspecified atom stereocenters. The van der Waals surface area contributed by atoms with Crippen molar-refractivity contribution in [1.82, 2.24) is 0 Å². The van der Waals surface area contributed by atoms with Crippen molar-refractivity contribution in [1.29, 1.82) is 0 Å². The van der Waals surface area contributed by atoms with Crippen molar-refractivity contribution in [3.05, 3.63) is 41.8 Å². The number of halogens is 1. The Kier molecular flexibility index (Phi) is 9.40. The van der Waals surface area contributed by atoms with E-state index in [4.69, 9.17) is 9.16 Å². The Labute approximate surface area is 191 Å². The highest BCUT2D eigenvalue weighted by atomic mass is 127. The minimum atomic E-state index is -3.48. The van der Waals surface area contributed by atoms with Gasteiger partial charge in [-0.1, -0.05) is 75.4 Å². The van der Waals surface area contributed by atoms with Gasteiger partial charge in [0.15, 0.2) is 18.2 Å². The number of hydrogen-bond acceptors (Lipinski definition) is 4. The van der Waals surface area contributed by atoms with Gasteiger partial charge in [-0.2, -0.15) is 0 Å². The summed E-state index contributed by atoms with van der Waals surface area (Å²) in [6, 6.07) is 11.9. The molecule has 0 saturated carbocycles. The van der Waals surface area contributed by atoms with Crippen LogP contribution in [0.2, 0.25) is 18.1 Å². The maximum atomic E-state index is 12.7. The largest absolute Gasteiger partial charge is 0.413 e. The van der Waals surface area contributed by atoms with Gasteiger partial charge in [0.25, 0.3) is 0 Å². The van der Waals surface area contributed by atoms with Gasteiger partial charge in [0.05, 0.1) is 23.2 Å². The third-order valence-corrected chi connectivity index (χ3v) is 13.4. The van der Waals surface area contributed by atoms with Crippen LogP contribution in [0.5, 0.6) is 0 Å². The zero-order chi connectivity index (χ0) is 21.7. The molecule has 1 aromatic carbocycles. The van der Waals surface area contributed by atoms with Crippen LogP contribution in [0.3, 0.4) is 0 Å². The fourth-order valence-corrected chi connectivity index (χ4v) is 9.17. The molecule has 1 aliphatic heterocycles. The van der Waals surface area contributed by atoms with Crippen LogP contribution in [0, 0.1) is 11.8 Å². The van der Waals surface area contributed by atoms with Crippen LogP contribution in [-0.4, -0.2) is 39.5 Å². The van der Waals surface area contributed by atoms with E-state index < -0.39 is 18.2 Å². The summed E-state index contributed by atoms with van der Waals surface area (Å²) in [7, 11) is -5.25. The molecule has 1 heterocycles. The van der Waals surface area contributed by atoms with Crippen molar-refractivity contribution in [2.75, 3.05) is 4.43 Å². The van der Waals surface area contributed by atoms with Gasteiger partial charge >= 0.3 is 0 Å². The molecule has 2 rings (SSSR count). The molecule has 4 nitrogen and oxygen atoms in total. The Hall–Kier alpha value is -0.223. The fraction of sp³-hybridized carbons (Fsp3) is 0.636. The monoisotopic (exact) mass is 550 g/mol. The number of alkyl halides is 1. The van der Waals surface area contributed by atoms with Crippen LogP contribution in [0.4, 0.5) is 0 Å². The second-order valence-electron chi connectivity index (χ2n) is 8.02. The normalized spacial score (nSPS) is 28.7. The molecule has 7 heteroatoms. The molecule has 5 atom stereocenters. The molecule has 0 N–H and O–H groups in total. The van der Waals surface area contributed by atoms with Gasteiger partial charge in [-0.15, -0.1) is 0 Å². The van der Waals surface area contributed by atoms with Crippen LogP contribution in [-0.2, 0) is 19.0 Å². The quantitative estimate of drug-likeness (QED) is 0.220. The third-order valence-electron chi connectivity index (χ3n) is 6.46. The smallest absolute Gasteiger partial charge is 0.199 e. The second-order valence-corrected chi connectivity index (χ2v) is 15.5. The van der Waals surface area contributed by atoms with Crippen LogP contribution in [0.15, 0.2) is 46.7 Å². The van der Waals surface area contributed by atoms with E-state index in [-0.39, 0.29) is 30.1 Å². The van der Waals surface area contributed by atoms with Crippen molar-refractivity contribution in [2.24, 2.45) is 11.8 Å². The minimum absolute atomic E-state index is 0.0585. The standard InChI is InChI=1S/C22H35IO4SSi/c1-6-29(7-2,8-3)27-22-17(4)20(26-21(16-23)18(22)5)14-15-28(24,25)19-12-10-9-11-13-19/h9-15,17-18,20-22H,6-8,16H2,1-5H3/b15-14+.